The number of carbonyl (C=O) groups excluding carboxylic acids is 1. The summed E-state index contributed by atoms with van der Waals surface area (Å²) >= 11 is 0. The van der Waals surface area contributed by atoms with E-state index >= 15 is 0 Å². The van der Waals surface area contributed by atoms with Gasteiger partial charge >= 0.3 is 6.03 Å². The molecule has 130 valence electrons. The normalized spacial score (nSPS) is 17.8. The van der Waals surface area contributed by atoms with Gasteiger partial charge in [0.05, 0.1) is 17.3 Å². The summed E-state index contributed by atoms with van der Waals surface area (Å²) in [6, 6.07) is 7.79. The first-order valence-electron chi connectivity index (χ1n) is 8.64. The van der Waals surface area contributed by atoms with Crippen molar-refractivity contribution in [1.82, 2.24) is 24.9 Å². The second-order valence-corrected chi connectivity index (χ2v) is 6.59. The fraction of sp³-hybridized carbons (Fsp3) is 0.389. The highest BCUT2D eigenvalue weighted by Crippen LogP contribution is 2.30. The summed E-state index contributed by atoms with van der Waals surface area (Å²) < 4.78 is 1.86. The molecular weight excluding hydrogens is 316 g/mol. The summed E-state index contributed by atoms with van der Waals surface area (Å²) in [6.07, 6.45) is 4.83. The molecule has 2 aromatic heterocycles. The van der Waals surface area contributed by atoms with Crippen LogP contribution in [0.4, 0.5) is 10.5 Å². The van der Waals surface area contributed by atoms with Crippen LogP contribution in [-0.4, -0.2) is 37.5 Å². The number of benzene rings is 1. The maximum atomic E-state index is 12.8. The topological polar surface area (TPSA) is 78.8 Å². The van der Waals surface area contributed by atoms with Gasteiger partial charge in [-0.1, -0.05) is 0 Å². The molecule has 4 rings (SSSR count). The van der Waals surface area contributed by atoms with Crippen LogP contribution in [0.5, 0.6) is 0 Å². The van der Waals surface area contributed by atoms with E-state index in [1.54, 1.807) is 6.20 Å². The Morgan fingerprint density at radius 3 is 3.00 bits per heavy atom. The van der Waals surface area contributed by atoms with Crippen LogP contribution >= 0.6 is 0 Å². The first-order chi connectivity index (χ1) is 12.1. The van der Waals surface area contributed by atoms with Crippen molar-refractivity contribution in [2.45, 2.75) is 32.2 Å². The van der Waals surface area contributed by atoms with Gasteiger partial charge < -0.3 is 10.2 Å². The first-order valence-corrected chi connectivity index (χ1v) is 8.64. The molecule has 0 unspecified atom stereocenters. The number of nitrogens with zero attached hydrogens (tertiary/aromatic N) is 4. The molecule has 7 nitrogen and oxygen atoms in total. The summed E-state index contributed by atoms with van der Waals surface area (Å²) in [4.78, 5) is 14.7. The predicted molar refractivity (Wildman–Crippen MR) is 96.4 cm³/mol. The molecule has 1 aliphatic heterocycles. The summed E-state index contributed by atoms with van der Waals surface area (Å²) in [5.74, 6) is 0. The van der Waals surface area contributed by atoms with Crippen molar-refractivity contribution in [3.63, 3.8) is 0 Å². The average molecular weight is 338 g/mol. The monoisotopic (exact) mass is 338 g/mol. The zero-order valence-electron chi connectivity index (χ0n) is 14.5. The first kappa shape index (κ1) is 15.7. The number of carbonyl (C=O) groups is 1. The van der Waals surface area contributed by atoms with E-state index in [9.17, 15) is 4.79 Å². The Morgan fingerprint density at radius 1 is 1.32 bits per heavy atom. The molecule has 0 saturated carbocycles. The molecule has 0 radical (unpaired) electrons. The van der Waals surface area contributed by atoms with Gasteiger partial charge in [-0.15, -0.1) is 0 Å². The highest BCUT2D eigenvalue weighted by atomic mass is 16.2. The van der Waals surface area contributed by atoms with Crippen LogP contribution in [-0.2, 0) is 7.05 Å². The number of hydrogen-bond acceptors (Lipinski definition) is 3. The second kappa shape index (κ2) is 6.23. The molecule has 3 heterocycles. The number of aromatic amines is 1. The lowest BCUT2D eigenvalue weighted by Gasteiger charge is -2.35. The van der Waals surface area contributed by atoms with Crippen molar-refractivity contribution in [2.24, 2.45) is 7.05 Å². The van der Waals surface area contributed by atoms with Crippen molar-refractivity contribution in [3.8, 4) is 0 Å². The third-order valence-corrected chi connectivity index (χ3v) is 5.03. The van der Waals surface area contributed by atoms with Crippen LogP contribution in [0.15, 0.2) is 30.5 Å². The van der Waals surface area contributed by atoms with E-state index < -0.39 is 0 Å². The van der Waals surface area contributed by atoms with Crippen molar-refractivity contribution >= 4 is 22.6 Å². The number of nitrogens with one attached hydrogen (secondary N) is 2. The number of aryl methyl sites for hydroxylation is 2. The highest BCUT2D eigenvalue weighted by molar-refractivity contribution is 5.93. The Kier molecular flexibility index (Phi) is 3.91. The Hall–Kier alpha value is -2.83. The number of H-pyrrole nitrogens is 1. The van der Waals surface area contributed by atoms with Crippen molar-refractivity contribution in [1.29, 1.82) is 0 Å². The molecule has 1 fully saturated rings. The molecule has 1 aromatic carbocycles. The minimum atomic E-state index is -0.0775. The van der Waals surface area contributed by atoms with Crippen LogP contribution in [0.1, 0.15) is 36.7 Å². The molecule has 0 aliphatic carbocycles. The number of likely N-dealkylation sites (tertiary alicyclic amines) is 1. The third kappa shape index (κ3) is 2.86. The Morgan fingerprint density at radius 2 is 2.20 bits per heavy atom. The van der Waals surface area contributed by atoms with Gasteiger partial charge in [-0.25, -0.2) is 4.79 Å². The van der Waals surface area contributed by atoms with Crippen molar-refractivity contribution < 1.29 is 4.79 Å². The van der Waals surface area contributed by atoms with Crippen molar-refractivity contribution in [3.05, 3.63) is 41.9 Å². The molecular formula is C18H22N6O. The molecule has 1 saturated heterocycles. The van der Waals surface area contributed by atoms with E-state index in [1.807, 2.05) is 47.8 Å². The molecule has 0 bridgehead atoms. The van der Waals surface area contributed by atoms with Crippen LogP contribution in [0, 0.1) is 6.92 Å². The number of urea groups is 1. The third-order valence-electron chi connectivity index (χ3n) is 5.03. The largest absolute Gasteiger partial charge is 0.322 e. The zero-order chi connectivity index (χ0) is 17.4. The van der Waals surface area contributed by atoms with Gasteiger partial charge in [-0.05, 0) is 50.5 Å². The van der Waals surface area contributed by atoms with Crippen LogP contribution in [0.3, 0.4) is 0 Å². The van der Waals surface area contributed by atoms with Crippen LogP contribution in [0.2, 0.25) is 0 Å². The van der Waals surface area contributed by atoms with E-state index in [4.69, 9.17) is 0 Å². The van der Waals surface area contributed by atoms with Gasteiger partial charge in [0, 0.05) is 36.6 Å². The fourth-order valence-electron chi connectivity index (χ4n) is 3.55. The lowest BCUT2D eigenvalue weighted by Crippen LogP contribution is -2.41. The maximum absolute atomic E-state index is 12.8. The van der Waals surface area contributed by atoms with E-state index in [0.717, 1.165) is 53.8 Å². The number of aromatic nitrogens is 4. The van der Waals surface area contributed by atoms with Gasteiger partial charge in [0.25, 0.3) is 0 Å². The van der Waals surface area contributed by atoms with Gasteiger partial charge in [-0.3, -0.25) is 9.78 Å². The SMILES string of the molecule is Cc1c2ccc(NC(=O)N3CCCC[C@H]3c3ccn[nH]3)cc2nn1C. The van der Waals surface area contributed by atoms with Crippen molar-refractivity contribution in [2.75, 3.05) is 11.9 Å². The van der Waals surface area contributed by atoms with Gasteiger partial charge in [-0.2, -0.15) is 10.2 Å². The Balaban J connectivity index is 1.56. The van der Waals surface area contributed by atoms with Gasteiger partial charge in [0.1, 0.15) is 0 Å². The lowest BCUT2D eigenvalue weighted by atomic mass is 10.00. The summed E-state index contributed by atoms with van der Waals surface area (Å²) in [5.41, 5.74) is 3.76. The smallest absolute Gasteiger partial charge is 0.316 e. The number of hydrogen-bond donors (Lipinski definition) is 2. The standard InChI is InChI=1S/C18H22N6O/c1-12-14-7-6-13(11-16(14)22-23(12)2)20-18(25)24-10-4-3-5-17(24)15-8-9-19-21-15/h6-9,11,17H,3-5,10H2,1-2H3,(H,19,21)(H,20,25)/t17-/m0/s1. The predicted octanol–water partition coefficient (Wildman–Crippen LogP) is 3.36. The van der Waals surface area contributed by atoms with Crippen LogP contribution in [0.25, 0.3) is 10.9 Å². The molecule has 2 amide bonds. The highest BCUT2D eigenvalue weighted by Gasteiger charge is 2.29. The van der Waals surface area contributed by atoms with E-state index in [2.05, 4.69) is 20.6 Å². The summed E-state index contributed by atoms with van der Waals surface area (Å²) in [5, 5.41) is 15.7. The Bertz CT molecular complexity index is 898. The quantitative estimate of drug-likeness (QED) is 0.752. The lowest BCUT2D eigenvalue weighted by molar-refractivity contribution is 0.161. The molecule has 25 heavy (non-hydrogen) atoms. The molecule has 3 aromatic rings. The molecule has 1 aliphatic rings. The number of rotatable bonds is 2. The molecule has 7 heteroatoms. The minimum absolute atomic E-state index is 0.0528. The number of anilines is 1. The number of amides is 2. The zero-order valence-corrected chi connectivity index (χ0v) is 14.5. The molecule has 2 N–H and O–H groups in total. The number of piperidine rings is 1. The summed E-state index contributed by atoms with van der Waals surface area (Å²) in [6.45, 7) is 2.79. The van der Waals surface area contributed by atoms with E-state index in [1.165, 1.54) is 0 Å². The maximum Gasteiger partial charge on any atom is 0.322 e. The average Bonchev–Trinajstić information content (AvgIpc) is 3.24. The van der Waals surface area contributed by atoms with E-state index in [-0.39, 0.29) is 12.1 Å². The van der Waals surface area contributed by atoms with Gasteiger partial charge in [0.15, 0.2) is 0 Å². The summed E-state index contributed by atoms with van der Waals surface area (Å²) in [7, 11) is 1.93. The second-order valence-electron chi connectivity index (χ2n) is 6.59. The Labute approximate surface area is 146 Å². The van der Waals surface area contributed by atoms with Gasteiger partial charge in [0.2, 0.25) is 0 Å². The molecule has 1 atom stereocenters. The minimum Gasteiger partial charge on any atom is -0.316 e. The van der Waals surface area contributed by atoms with Crippen LogP contribution < -0.4 is 5.32 Å². The number of fused-ring (bicyclic) bond motifs is 1. The van der Waals surface area contributed by atoms with E-state index in [0.29, 0.717) is 0 Å². The fourth-order valence-corrected chi connectivity index (χ4v) is 3.55. The molecule has 0 spiro atoms.